The van der Waals surface area contributed by atoms with Crippen molar-refractivity contribution in [3.05, 3.63) is 113 Å². The number of methoxy groups -OCH3 is 2. The average Bonchev–Trinajstić information content (AvgIpc) is 3.35. The first kappa shape index (κ1) is 27.5. The molecule has 0 atom stereocenters. The Morgan fingerprint density at radius 1 is 1.00 bits per heavy atom. The lowest BCUT2D eigenvalue weighted by atomic mass is 10.1. The predicted octanol–water partition coefficient (Wildman–Crippen LogP) is 5.71. The fourth-order valence-electron chi connectivity index (χ4n) is 4.51. The largest absolute Gasteiger partial charge is 0.473 e. The zero-order valence-corrected chi connectivity index (χ0v) is 22.6. The van der Waals surface area contributed by atoms with Crippen molar-refractivity contribution < 1.29 is 23.4 Å². The van der Waals surface area contributed by atoms with E-state index in [1.165, 1.54) is 19.2 Å². The van der Waals surface area contributed by atoms with Crippen LogP contribution in [0.15, 0.2) is 78.9 Å². The molecule has 0 bridgehead atoms. The number of esters is 1. The van der Waals surface area contributed by atoms with Gasteiger partial charge in [0.25, 0.3) is 0 Å². The molecule has 0 N–H and O–H groups in total. The van der Waals surface area contributed by atoms with Crippen LogP contribution in [-0.4, -0.2) is 41.3 Å². The number of hydrogen-bond donors (Lipinski definition) is 0. The number of rotatable bonds is 10. The van der Waals surface area contributed by atoms with Gasteiger partial charge in [0.05, 0.1) is 47.6 Å². The van der Waals surface area contributed by atoms with Crippen LogP contribution in [0.3, 0.4) is 0 Å². The van der Waals surface area contributed by atoms with E-state index < -0.39 is 11.8 Å². The molecular formula is C32H27FN4O4. The molecule has 0 aliphatic rings. The second kappa shape index (κ2) is 12.4. The van der Waals surface area contributed by atoms with Crippen LogP contribution in [-0.2, 0) is 29.0 Å². The summed E-state index contributed by atoms with van der Waals surface area (Å²) in [7, 11) is 3.02. The van der Waals surface area contributed by atoms with Crippen LogP contribution in [0, 0.1) is 17.1 Å². The molecule has 5 aromatic rings. The molecule has 206 valence electrons. The zero-order chi connectivity index (χ0) is 28.8. The number of nitriles is 1. The molecule has 0 amide bonds. The number of aromatic nitrogens is 3. The Morgan fingerprint density at radius 3 is 2.56 bits per heavy atom. The van der Waals surface area contributed by atoms with Gasteiger partial charge in [0.1, 0.15) is 18.2 Å². The van der Waals surface area contributed by atoms with Gasteiger partial charge in [-0.2, -0.15) is 5.26 Å². The van der Waals surface area contributed by atoms with E-state index in [0.29, 0.717) is 36.6 Å². The maximum absolute atomic E-state index is 14.2. The normalized spacial score (nSPS) is 10.9. The number of hydrogen-bond acceptors (Lipinski definition) is 7. The molecule has 0 fully saturated rings. The molecule has 0 saturated heterocycles. The number of imidazole rings is 1. The standard InChI is InChI=1S/C32H27FN4O4/c1-39-15-14-37-29-13-12-24(32(38)40-2)18-28(29)35-30(37)17-21-6-9-23(10-7-21)27-4-3-5-31(36-27)41-20-25-11-8-22(19-34)16-26(25)33/h3-13,16,18H,14-15,17,20H2,1-2H3. The lowest BCUT2D eigenvalue weighted by Gasteiger charge is -2.10. The molecule has 9 heteroatoms. The van der Waals surface area contributed by atoms with E-state index in [4.69, 9.17) is 24.5 Å². The summed E-state index contributed by atoms with van der Waals surface area (Å²) in [5.74, 6) is 0.333. The molecule has 2 aromatic heterocycles. The Balaban J connectivity index is 1.33. The van der Waals surface area contributed by atoms with Gasteiger partial charge in [0.15, 0.2) is 0 Å². The summed E-state index contributed by atoms with van der Waals surface area (Å²) < 4.78 is 32.2. The minimum atomic E-state index is -0.490. The fraction of sp³-hybridized carbons (Fsp3) is 0.188. The Morgan fingerprint density at radius 2 is 1.83 bits per heavy atom. The monoisotopic (exact) mass is 550 g/mol. The number of pyridine rings is 1. The van der Waals surface area contributed by atoms with Gasteiger partial charge in [0, 0.05) is 37.3 Å². The van der Waals surface area contributed by atoms with Crippen LogP contribution in [0.25, 0.3) is 22.3 Å². The number of nitrogens with zero attached hydrogens (tertiary/aromatic N) is 4. The molecular weight excluding hydrogens is 523 g/mol. The molecule has 0 unspecified atom stereocenters. The number of carbonyl (C=O) groups excluding carboxylic acids is 1. The van der Waals surface area contributed by atoms with Gasteiger partial charge in [-0.25, -0.2) is 19.2 Å². The SMILES string of the molecule is COCCn1c(Cc2ccc(-c3cccc(OCc4ccc(C#N)cc4F)n3)cc2)nc2cc(C(=O)OC)ccc21. The Hall–Kier alpha value is -5.07. The lowest BCUT2D eigenvalue weighted by molar-refractivity contribution is 0.0601. The number of fused-ring (bicyclic) bond motifs is 1. The lowest BCUT2D eigenvalue weighted by Crippen LogP contribution is -2.09. The summed E-state index contributed by atoms with van der Waals surface area (Å²) in [4.78, 5) is 21.4. The van der Waals surface area contributed by atoms with Gasteiger partial charge in [-0.1, -0.05) is 36.4 Å². The highest BCUT2D eigenvalue weighted by Crippen LogP contribution is 2.24. The summed E-state index contributed by atoms with van der Waals surface area (Å²) in [5.41, 5.74) is 5.37. The van der Waals surface area contributed by atoms with Crippen molar-refractivity contribution in [3.63, 3.8) is 0 Å². The van der Waals surface area contributed by atoms with Crippen molar-refractivity contribution in [2.24, 2.45) is 0 Å². The van der Waals surface area contributed by atoms with Crippen LogP contribution < -0.4 is 4.74 Å². The maximum atomic E-state index is 14.2. The van der Waals surface area contributed by atoms with Crippen molar-refractivity contribution in [1.82, 2.24) is 14.5 Å². The van der Waals surface area contributed by atoms with Crippen molar-refractivity contribution in [3.8, 4) is 23.2 Å². The molecule has 0 aliphatic carbocycles. The Labute approximate surface area is 236 Å². The maximum Gasteiger partial charge on any atom is 0.337 e. The second-order valence-corrected chi connectivity index (χ2v) is 9.31. The first-order chi connectivity index (χ1) is 20.0. The van der Waals surface area contributed by atoms with E-state index in [1.807, 2.05) is 48.5 Å². The van der Waals surface area contributed by atoms with Crippen molar-refractivity contribution in [2.45, 2.75) is 19.6 Å². The Bertz CT molecular complexity index is 1740. The van der Waals surface area contributed by atoms with Crippen molar-refractivity contribution >= 4 is 17.0 Å². The van der Waals surface area contributed by atoms with Gasteiger partial charge in [-0.05, 0) is 42.0 Å². The van der Waals surface area contributed by atoms with Gasteiger partial charge in [-0.3, -0.25) is 0 Å². The van der Waals surface area contributed by atoms with E-state index in [9.17, 15) is 9.18 Å². The van der Waals surface area contributed by atoms with Crippen LogP contribution in [0.4, 0.5) is 4.39 Å². The van der Waals surface area contributed by atoms with Crippen molar-refractivity contribution in [2.75, 3.05) is 20.8 Å². The minimum absolute atomic E-state index is 0.00186. The number of carbonyl (C=O) groups is 1. The summed E-state index contributed by atoms with van der Waals surface area (Å²) in [5, 5.41) is 8.92. The number of benzene rings is 3. The third-order valence-corrected chi connectivity index (χ3v) is 6.66. The van der Waals surface area contributed by atoms with Crippen molar-refractivity contribution in [1.29, 1.82) is 5.26 Å². The molecule has 0 saturated carbocycles. The number of ether oxygens (including phenoxy) is 3. The fourth-order valence-corrected chi connectivity index (χ4v) is 4.51. The molecule has 5 rings (SSSR count). The van der Waals surface area contributed by atoms with Crippen LogP contribution >= 0.6 is 0 Å². The molecule has 0 radical (unpaired) electrons. The van der Waals surface area contributed by atoms with Gasteiger partial charge in [0.2, 0.25) is 5.88 Å². The summed E-state index contributed by atoms with van der Waals surface area (Å²) in [6.45, 7) is 1.15. The first-order valence-electron chi connectivity index (χ1n) is 12.9. The van der Waals surface area contributed by atoms with Crippen LogP contribution in [0.5, 0.6) is 5.88 Å². The van der Waals surface area contributed by atoms with Gasteiger partial charge < -0.3 is 18.8 Å². The summed E-state index contributed by atoms with van der Waals surface area (Å²) >= 11 is 0. The highest BCUT2D eigenvalue weighted by molar-refractivity contribution is 5.93. The minimum Gasteiger partial charge on any atom is -0.473 e. The molecule has 2 heterocycles. The second-order valence-electron chi connectivity index (χ2n) is 9.31. The molecule has 41 heavy (non-hydrogen) atoms. The van der Waals surface area contributed by atoms with E-state index in [0.717, 1.165) is 33.7 Å². The van der Waals surface area contributed by atoms with Gasteiger partial charge >= 0.3 is 5.97 Å². The van der Waals surface area contributed by atoms with E-state index in [1.54, 1.807) is 31.4 Å². The Kier molecular flexibility index (Phi) is 8.32. The topological polar surface area (TPSA) is 99.3 Å². The number of halogens is 1. The molecule has 8 nitrogen and oxygen atoms in total. The highest BCUT2D eigenvalue weighted by Gasteiger charge is 2.15. The van der Waals surface area contributed by atoms with E-state index in [2.05, 4.69) is 9.55 Å². The van der Waals surface area contributed by atoms with E-state index >= 15 is 0 Å². The van der Waals surface area contributed by atoms with E-state index in [-0.39, 0.29) is 12.2 Å². The summed E-state index contributed by atoms with van der Waals surface area (Å²) in [6, 6.07) is 25.0. The first-order valence-corrected chi connectivity index (χ1v) is 12.9. The third-order valence-electron chi connectivity index (χ3n) is 6.66. The third kappa shape index (κ3) is 6.24. The quantitative estimate of drug-likeness (QED) is 0.205. The van der Waals surface area contributed by atoms with Crippen LogP contribution in [0.2, 0.25) is 0 Å². The average molecular weight is 551 g/mol. The smallest absolute Gasteiger partial charge is 0.337 e. The van der Waals surface area contributed by atoms with Crippen LogP contribution in [0.1, 0.15) is 32.9 Å². The summed E-state index contributed by atoms with van der Waals surface area (Å²) in [6.07, 6.45) is 0.582. The molecule has 0 spiro atoms. The van der Waals surface area contributed by atoms with Gasteiger partial charge in [-0.15, -0.1) is 0 Å². The highest BCUT2D eigenvalue weighted by atomic mass is 19.1. The molecule has 3 aromatic carbocycles. The molecule has 0 aliphatic heterocycles. The predicted molar refractivity (Wildman–Crippen MR) is 151 cm³/mol. The zero-order valence-electron chi connectivity index (χ0n) is 22.6.